The number of hydrogen-bond acceptors (Lipinski definition) is 4. The number of amides is 2. The molecule has 2 amide bonds. The van der Waals surface area contributed by atoms with Gasteiger partial charge >= 0.3 is 6.03 Å². The van der Waals surface area contributed by atoms with E-state index < -0.39 is 0 Å². The molecular weight excluding hydrogens is 258 g/mol. The van der Waals surface area contributed by atoms with E-state index in [9.17, 15) is 4.79 Å². The van der Waals surface area contributed by atoms with Gasteiger partial charge in [-0.25, -0.2) is 9.78 Å². The van der Waals surface area contributed by atoms with E-state index in [2.05, 4.69) is 15.6 Å². The number of nitrogens with one attached hydrogen (secondary N) is 2. The standard InChI is InChI=1S/C14H21N3O3/c1-9-12(16-8-20-9)7-15-14(18)17-11-4-5-19-13(6-11)10-2-3-10/h8,10-11,13H,2-7H2,1H3,(H2,15,17,18). The number of oxazole rings is 1. The van der Waals surface area contributed by atoms with E-state index in [1.54, 1.807) is 0 Å². The molecule has 0 spiro atoms. The van der Waals surface area contributed by atoms with Crippen LogP contribution in [0.3, 0.4) is 0 Å². The van der Waals surface area contributed by atoms with Crippen LogP contribution >= 0.6 is 0 Å². The van der Waals surface area contributed by atoms with Crippen molar-refractivity contribution in [2.24, 2.45) is 5.92 Å². The van der Waals surface area contributed by atoms with Gasteiger partial charge in [-0.15, -0.1) is 0 Å². The van der Waals surface area contributed by atoms with Crippen molar-refractivity contribution >= 4 is 6.03 Å². The molecule has 110 valence electrons. The fraction of sp³-hybridized carbons (Fsp3) is 0.714. The van der Waals surface area contributed by atoms with Crippen LogP contribution in [0.25, 0.3) is 0 Å². The average Bonchev–Trinajstić information content (AvgIpc) is 3.21. The molecule has 6 nitrogen and oxygen atoms in total. The maximum Gasteiger partial charge on any atom is 0.315 e. The van der Waals surface area contributed by atoms with Gasteiger partial charge in [-0.1, -0.05) is 0 Å². The molecule has 2 unspecified atom stereocenters. The lowest BCUT2D eigenvalue weighted by Crippen LogP contribution is -2.46. The molecule has 0 bridgehead atoms. The zero-order valence-electron chi connectivity index (χ0n) is 11.7. The predicted octanol–water partition coefficient (Wildman–Crippen LogP) is 1.74. The van der Waals surface area contributed by atoms with Crippen LogP contribution < -0.4 is 10.6 Å². The van der Waals surface area contributed by atoms with Crippen molar-refractivity contribution in [3.05, 3.63) is 17.8 Å². The van der Waals surface area contributed by atoms with Gasteiger partial charge in [0.25, 0.3) is 0 Å². The Hall–Kier alpha value is -1.56. The minimum absolute atomic E-state index is 0.145. The van der Waals surface area contributed by atoms with Gasteiger partial charge in [0.15, 0.2) is 6.39 Å². The van der Waals surface area contributed by atoms with Gasteiger partial charge in [-0.2, -0.15) is 0 Å². The molecule has 1 aliphatic carbocycles. The summed E-state index contributed by atoms with van der Waals surface area (Å²) in [4.78, 5) is 15.9. The molecule has 2 heterocycles. The zero-order chi connectivity index (χ0) is 13.9. The second kappa shape index (κ2) is 5.83. The smallest absolute Gasteiger partial charge is 0.315 e. The van der Waals surface area contributed by atoms with Gasteiger partial charge in [0.1, 0.15) is 11.5 Å². The highest BCUT2D eigenvalue weighted by Gasteiger charge is 2.36. The molecule has 6 heteroatoms. The van der Waals surface area contributed by atoms with Gasteiger partial charge < -0.3 is 19.8 Å². The Morgan fingerprint density at radius 1 is 1.45 bits per heavy atom. The van der Waals surface area contributed by atoms with E-state index in [0.717, 1.165) is 36.8 Å². The molecule has 0 radical (unpaired) electrons. The largest absolute Gasteiger partial charge is 0.448 e. The van der Waals surface area contributed by atoms with Gasteiger partial charge in [-0.05, 0) is 38.5 Å². The van der Waals surface area contributed by atoms with E-state index >= 15 is 0 Å². The molecule has 2 aliphatic rings. The third-order valence-electron chi connectivity index (χ3n) is 4.06. The summed E-state index contributed by atoms with van der Waals surface area (Å²) in [6.45, 7) is 2.97. The Balaban J connectivity index is 1.42. The summed E-state index contributed by atoms with van der Waals surface area (Å²) in [6.07, 6.45) is 6.10. The molecule has 1 saturated heterocycles. The summed E-state index contributed by atoms with van der Waals surface area (Å²) in [7, 11) is 0. The van der Waals surface area contributed by atoms with Crippen LogP contribution in [0.1, 0.15) is 37.1 Å². The minimum Gasteiger partial charge on any atom is -0.448 e. The lowest BCUT2D eigenvalue weighted by Gasteiger charge is -2.30. The number of carbonyl (C=O) groups is 1. The highest BCUT2D eigenvalue weighted by atomic mass is 16.5. The number of rotatable bonds is 4. The second-order valence-corrected chi connectivity index (χ2v) is 5.65. The molecule has 20 heavy (non-hydrogen) atoms. The molecule has 1 saturated carbocycles. The first-order valence-corrected chi connectivity index (χ1v) is 7.27. The van der Waals surface area contributed by atoms with Crippen LogP contribution in [-0.2, 0) is 11.3 Å². The number of hydrogen-bond donors (Lipinski definition) is 2. The minimum atomic E-state index is -0.145. The molecule has 2 N–H and O–H groups in total. The summed E-state index contributed by atoms with van der Waals surface area (Å²) in [5, 5.41) is 5.84. The quantitative estimate of drug-likeness (QED) is 0.880. The van der Waals surface area contributed by atoms with Crippen LogP contribution in [0.2, 0.25) is 0 Å². The van der Waals surface area contributed by atoms with E-state index in [1.807, 2.05) is 6.92 Å². The summed E-state index contributed by atoms with van der Waals surface area (Å²) in [6, 6.07) is 0.0709. The summed E-state index contributed by atoms with van der Waals surface area (Å²) < 4.78 is 10.8. The van der Waals surface area contributed by atoms with Crippen molar-refractivity contribution in [2.75, 3.05) is 6.61 Å². The number of carbonyl (C=O) groups excluding carboxylic acids is 1. The maximum atomic E-state index is 11.9. The fourth-order valence-electron chi connectivity index (χ4n) is 2.65. The monoisotopic (exact) mass is 279 g/mol. The molecule has 2 atom stereocenters. The Bertz CT molecular complexity index is 470. The highest BCUT2D eigenvalue weighted by Crippen LogP contribution is 2.38. The topological polar surface area (TPSA) is 76.4 Å². The van der Waals surface area contributed by atoms with Crippen LogP contribution in [-0.4, -0.2) is 29.8 Å². The first kappa shape index (κ1) is 13.4. The fourth-order valence-corrected chi connectivity index (χ4v) is 2.65. The predicted molar refractivity (Wildman–Crippen MR) is 72.1 cm³/mol. The summed E-state index contributed by atoms with van der Waals surface area (Å²) >= 11 is 0. The molecule has 2 fully saturated rings. The Kier molecular flexibility index (Phi) is 3.91. The second-order valence-electron chi connectivity index (χ2n) is 5.65. The van der Waals surface area contributed by atoms with E-state index in [0.29, 0.717) is 12.6 Å². The number of urea groups is 1. The summed E-state index contributed by atoms with van der Waals surface area (Å²) in [5.41, 5.74) is 0.767. The normalized spacial score (nSPS) is 26.2. The van der Waals surface area contributed by atoms with E-state index in [4.69, 9.17) is 9.15 Å². The summed E-state index contributed by atoms with van der Waals surface area (Å²) in [5.74, 6) is 1.46. The molecule has 1 aliphatic heterocycles. The third kappa shape index (κ3) is 3.30. The Labute approximate surface area is 118 Å². The third-order valence-corrected chi connectivity index (χ3v) is 4.06. The van der Waals surface area contributed by atoms with Gasteiger partial charge in [0.2, 0.25) is 0 Å². The first-order valence-electron chi connectivity index (χ1n) is 7.27. The van der Waals surface area contributed by atoms with Crippen LogP contribution in [0.5, 0.6) is 0 Å². The van der Waals surface area contributed by atoms with Gasteiger partial charge in [-0.3, -0.25) is 0 Å². The lowest BCUT2D eigenvalue weighted by atomic mass is 10.0. The molecule has 1 aromatic rings. The van der Waals surface area contributed by atoms with Gasteiger partial charge in [0.05, 0.1) is 12.6 Å². The Morgan fingerprint density at radius 2 is 2.30 bits per heavy atom. The van der Waals surface area contributed by atoms with Crippen LogP contribution in [0.4, 0.5) is 4.79 Å². The molecule has 3 rings (SSSR count). The number of aromatic nitrogens is 1. The van der Waals surface area contributed by atoms with Crippen molar-refractivity contribution in [2.45, 2.75) is 51.3 Å². The number of aryl methyl sites for hydroxylation is 1. The molecule has 0 aromatic carbocycles. The van der Waals surface area contributed by atoms with Crippen molar-refractivity contribution in [3.63, 3.8) is 0 Å². The average molecular weight is 279 g/mol. The van der Waals surface area contributed by atoms with Crippen LogP contribution in [0, 0.1) is 12.8 Å². The van der Waals surface area contributed by atoms with Crippen LogP contribution in [0.15, 0.2) is 10.8 Å². The van der Waals surface area contributed by atoms with Crippen molar-refractivity contribution in [3.8, 4) is 0 Å². The SMILES string of the molecule is Cc1ocnc1CNC(=O)NC1CCOC(C2CC2)C1. The molecule has 1 aromatic heterocycles. The lowest BCUT2D eigenvalue weighted by molar-refractivity contribution is -0.00914. The van der Waals surface area contributed by atoms with Crippen molar-refractivity contribution in [1.82, 2.24) is 15.6 Å². The highest BCUT2D eigenvalue weighted by molar-refractivity contribution is 5.74. The van der Waals surface area contributed by atoms with Gasteiger partial charge in [0, 0.05) is 12.6 Å². The first-order chi connectivity index (χ1) is 9.72. The van der Waals surface area contributed by atoms with E-state index in [1.165, 1.54) is 19.2 Å². The number of ether oxygens (including phenoxy) is 1. The Morgan fingerprint density at radius 3 is 3.00 bits per heavy atom. The molecular formula is C14H21N3O3. The van der Waals surface area contributed by atoms with Crippen molar-refractivity contribution < 1.29 is 13.9 Å². The zero-order valence-corrected chi connectivity index (χ0v) is 11.7. The maximum absolute atomic E-state index is 11.9. The van der Waals surface area contributed by atoms with Crippen molar-refractivity contribution in [1.29, 1.82) is 0 Å². The number of nitrogens with zero attached hydrogens (tertiary/aromatic N) is 1. The van der Waals surface area contributed by atoms with E-state index in [-0.39, 0.29) is 12.1 Å².